The van der Waals surface area contributed by atoms with E-state index in [1.165, 1.54) is 26.2 Å². The van der Waals surface area contributed by atoms with Crippen LogP contribution in [-0.2, 0) is 4.79 Å². The predicted octanol–water partition coefficient (Wildman–Crippen LogP) is 1.14. The molecule has 0 aliphatic carbocycles. The molecule has 2 amide bonds. The first-order chi connectivity index (χ1) is 11.9. The van der Waals surface area contributed by atoms with Crippen LogP contribution in [0.2, 0.25) is 0 Å². The summed E-state index contributed by atoms with van der Waals surface area (Å²) in [5.41, 5.74) is -0.240. The SMILES string of the molecule is COc1ccc(C(=O)N2CC[C@@H]3CN(C(C)=O)C[C@]3(CO)C2)cc1F. The molecule has 1 aromatic rings. The third kappa shape index (κ3) is 3.08. The normalized spacial score (nSPS) is 25.7. The van der Waals surface area contributed by atoms with E-state index in [4.69, 9.17) is 4.74 Å². The predicted molar refractivity (Wildman–Crippen MR) is 88.7 cm³/mol. The van der Waals surface area contributed by atoms with Gasteiger partial charge in [-0.15, -0.1) is 0 Å². The summed E-state index contributed by atoms with van der Waals surface area (Å²) in [5.74, 6) is -0.594. The Morgan fingerprint density at radius 3 is 2.68 bits per heavy atom. The maximum absolute atomic E-state index is 13.9. The van der Waals surface area contributed by atoms with E-state index in [-0.39, 0.29) is 35.7 Å². The quantitative estimate of drug-likeness (QED) is 0.887. The number of piperidine rings is 1. The first-order valence-corrected chi connectivity index (χ1v) is 8.39. The largest absolute Gasteiger partial charge is 0.494 e. The minimum Gasteiger partial charge on any atom is -0.494 e. The highest BCUT2D eigenvalue weighted by atomic mass is 19.1. The lowest BCUT2D eigenvalue weighted by molar-refractivity contribution is -0.128. The van der Waals surface area contributed by atoms with Gasteiger partial charge in [0.2, 0.25) is 5.91 Å². The number of hydrogen-bond donors (Lipinski definition) is 1. The van der Waals surface area contributed by atoms with Crippen molar-refractivity contribution in [2.24, 2.45) is 11.3 Å². The van der Waals surface area contributed by atoms with Crippen molar-refractivity contribution in [1.82, 2.24) is 9.80 Å². The van der Waals surface area contributed by atoms with Crippen LogP contribution in [0.25, 0.3) is 0 Å². The standard InChI is InChI=1S/C18H23FN2O4/c1-12(23)21-8-14-5-6-20(9-18(14,10-21)11-22)17(24)13-3-4-16(25-2)15(19)7-13/h3-4,7,14,22H,5-6,8-11H2,1-2H3/t14-,18+/m1/s1. The van der Waals surface area contributed by atoms with E-state index in [0.717, 1.165) is 0 Å². The lowest BCUT2D eigenvalue weighted by Crippen LogP contribution is -2.52. The van der Waals surface area contributed by atoms with Gasteiger partial charge in [-0.05, 0) is 30.5 Å². The number of carbonyl (C=O) groups excluding carboxylic acids is 2. The van der Waals surface area contributed by atoms with Crippen molar-refractivity contribution in [2.75, 3.05) is 39.9 Å². The van der Waals surface area contributed by atoms with Crippen molar-refractivity contribution in [3.05, 3.63) is 29.6 Å². The summed E-state index contributed by atoms with van der Waals surface area (Å²) in [6.07, 6.45) is 0.717. The van der Waals surface area contributed by atoms with Gasteiger partial charge < -0.3 is 19.6 Å². The Morgan fingerprint density at radius 1 is 1.36 bits per heavy atom. The second-order valence-electron chi connectivity index (χ2n) is 6.98. The van der Waals surface area contributed by atoms with Gasteiger partial charge in [-0.1, -0.05) is 0 Å². The molecule has 6 nitrogen and oxygen atoms in total. The smallest absolute Gasteiger partial charge is 0.253 e. The van der Waals surface area contributed by atoms with Crippen LogP contribution < -0.4 is 4.74 Å². The van der Waals surface area contributed by atoms with Crippen molar-refractivity contribution >= 4 is 11.8 Å². The summed E-state index contributed by atoms with van der Waals surface area (Å²) >= 11 is 0. The van der Waals surface area contributed by atoms with Gasteiger partial charge in [-0.25, -0.2) is 4.39 Å². The molecular formula is C18H23FN2O4. The molecule has 0 spiro atoms. The summed E-state index contributed by atoms with van der Waals surface area (Å²) in [7, 11) is 1.37. The second kappa shape index (κ2) is 6.63. The van der Waals surface area contributed by atoms with Gasteiger partial charge in [0.25, 0.3) is 5.91 Å². The molecule has 25 heavy (non-hydrogen) atoms. The number of fused-ring (bicyclic) bond motifs is 1. The number of hydrogen-bond acceptors (Lipinski definition) is 4. The lowest BCUT2D eigenvalue weighted by atomic mass is 9.74. The Kier molecular flexibility index (Phi) is 4.69. The van der Waals surface area contributed by atoms with E-state index in [0.29, 0.717) is 32.6 Å². The highest BCUT2D eigenvalue weighted by molar-refractivity contribution is 5.94. The molecule has 136 valence electrons. The maximum Gasteiger partial charge on any atom is 0.253 e. The van der Waals surface area contributed by atoms with Gasteiger partial charge in [0.05, 0.1) is 13.7 Å². The van der Waals surface area contributed by atoms with E-state index in [1.54, 1.807) is 15.9 Å². The van der Waals surface area contributed by atoms with Gasteiger partial charge in [-0.3, -0.25) is 9.59 Å². The zero-order chi connectivity index (χ0) is 18.2. The zero-order valence-corrected chi connectivity index (χ0v) is 14.5. The number of amides is 2. The van der Waals surface area contributed by atoms with Crippen molar-refractivity contribution in [1.29, 1.82) is 0 Å². The topological polar surface area (TPSA) is 70.1 Å². The molecule has 0 saturated carbocycles. The van der Waals surface area contributed by atoms with Gasteiger partial charge in [0.1, 0.15) is 0 Å². The van der Waals surface area contributed by atoms with Crippen LogP contribution in [0.4, 0.5) is 4.39 Å². The number of rotatable bonds is 3. The number of aliphatic hydroxyl groups excluding tert-OH is 1. The van der Waals surface area contributed by atoms with Crippen molar-refractivity contribution in [2.45, 2.75) is 13.3 Å². The maximum atomic E-state index is 13.9. The second-order valence-corrected chi connectivity index (χ2v) is 6.98. The number of nitrogens with zero attached hydrogens (tertiary/aromatic N) is 2. The van der Waals surface area contributed by atoms with Crippen LogP contribution in [0.5, 0.6) is 5.75 Å². The number of aliphatic hydroxyl groups is 1. The van der Waals surface area contributed by atoms with Crippen molar-refractivity contribution in [3.63, 3.8) is 0 Å². The van der Waals surface area contributed by atoms with E-state index in [1.807, 2.05) is 0 Å². The molecular weight excluding hydrogens is 327 g/mol. The van der Waals surface area contributed by atoms with E-state index >= 15 is 0 Å². The fourth-order valence-corrected chi connectivity index (χ4v) is 4.01. The van der Waals surface area contributed by atoms with Gasteiger partial charge in [0.15, 0.2) is 11.6 Å². The van der Waals surface area contributed by atoms with Crippen LogP contribution in [0.1, 0.15) is 23.7 Å². The molecule has 2 saturated heterocycles. The molecule has 1 aromatic carbocycles. The average Bonchev–Trinajstić information content (AvgIpc) is 3.00. The molecule has 2 heterocycles. The number of halogens is 1. The van der Waals surface area contributed by atoms with Gasteiger partial charge in [0, 0.05) is 44.1 Å². The van der Waals surface area contributed by atoms with E-state index in [2.05, 4.69) is 0 Å². The fourth-order valence-electron chi connectivity index (χ4n) is 4.01. The zero-order valence-electron chi connectivity index (χ0n) is 14.5. The van der Waals surface area contributed by atoms with Crippen LogP contribution in [0, 0.1) is 17.2 Å². The summed E-state index contributed by atoms with van der Waals surface area (Å²) < 4.78 is 18.8. The Bertz CT molecular complexity index is 696. The third-order valence-corrected chi connectivity index (χ3v) is 5.51. The molecule has 0 radical (unpaired) electrons. The molecule has 2 fully saturated rings. The number of ether oxygens (including phenoxy) is 1. The van der Waals surface area contributed by atoms with Crippen molar-refractivity contribution < 1.29 is 23.8 Å². The molecule has 0 unspecified atom stereocenters. The molecule has 0 aromatic heterocycles. The van der Waals surface area contributed by atoms with Crippen LogP contribution >= 0.6 is 0 Å². The molecule has 2 atom stereocenters. The number of likely N-dealkylation sites (tertiary alicyclic amines) is 2. The van der Waals surface area contributed by atoms with E-state index < -0.39 is 11.2 Å². The monoisotopic (exact) mass is 350 g/mol. The van der Waals surface area contributed by atoms with Gasteiger partial charge in [-0.2, -0.15) is 0 Å². The van der Waals surface area contributed by atoms with E-state index in [9.17, 15) is 19.1 Å². The van der Waals surface area contributed by atoms with Crippen LogP contribution in [-0.4, -0.2) is 66.6 Å². The minimum absolute atomic E-state index is 0.0164. The first-order valence-electron chi connectivity index (χ1n) is 8.39. The Balaban J connectivity index is 1.79. The molecule has 2 aliphatic heterocycles. The highest BCUT2D eigenvalue weighted by Crippen LogP contribution is 2.42. The first kappa shape index (κ1) is 17.7. The average molecular weight is 350 g/mol. The van der Waals surface area contributed by atoms with Crippen LogP contribution in [0.3, 0.4) is 0 Å². The molecule has 3 rings (SSSR count). The third-order valence-electron chi connectivity index (χ3n) is 5.51. The molecule has 2 aliphatic rings. The summed E-state index contributed by atoms with van der Waals surface area (Å²) in [4.78, 5) is 27.9. The van der Waals surface area contributed by atoms with Crippen molar-refractivity contribution in [3.8, 4) is 5.75 Å². The Hall–Kier alpha value is -2.15. The Labute approximate surface area is 146 Å². The summed E-state index contributed by atoms with van der Waals surface area (Å²) in [6.45, 7) is 3.40. The lowest BCUT2D eigenvalue weighted by Gasteiger charge is -2.43. The van der Waals surface area contributed by atoms with Crippen LogP contribution in [0.15, 0.2) is 18.2 Å². The number of methoxy groups -OCH3 is 1. The number of carbonyl (C=O) groups is 2. The molecule has 7 heteroatoms. The fraction of sp³-hybridized carbons (Fsp3) is 0.556. The minimum atomic E-state index is -0.580. The summed E-state index contributed by atoms with van der Waals surface area (Å²) in [6, 6.07) is 4.15. The highest BCUT2D eigenvalue weighted by Gasteiger charge is 2.50. The summed E-state index contributed by atoms with van der Waals surface area (Å²) in [5, 5.41) is 9.98. The van der Waals surface area contributed by atoms with Gasteiger partial charge >= 0.3 is 0 Å². The Morgan fingerprint density at radius 2 is 2.08 bits per heavy atom. The number of benzene rings is 1. The molecule has 1 N–H and O–H groups in total. The molecule has 0 bridgehead atoms.